The van der Waals surface area contributed by atoms with Crippen LogP contribution in [0.3, 0.4) is 0 Å². The predicted octanol–water partition coefficient (Wildman–Crippen LogP) is 4.42. The maximum Gasteiger partial charge on any atom is 0.408 e. The Morgan fingerprint density at radius 1 is 1.08 bits per heavy atom. The molecule has 2 rings (SSSR count). The van der Waals surface area contributed by atoms with E-state index in [9.17, 15) is 19.5 Å². The number of ether oxygens (including phenoxy) is 1. The fourth-order valence-corrected chi connectivity index (χ4v) is 3.86. The maximum absolute atomic E-state index is 14.1. The van der Waals surface area contributed by atoms with Crippen molar-refractivity contribution >= 4 is 17.9 Å². The molecule has 3 amide bonds. The third-order valence-electron chi connectivity index (χ3n) is 5.32. The molecular formula is C29H39N3O5. The van der Waals surface area contributed by atoms with E-state index in [1.807, 2.05) is 39.0 Å². The summed E-state index contributed by atoms with van der Waals surface area (Å²) in [6.07, 6.45) is 0.925. The van der Waals surface area contributed by atoms with Gasteiger partial charge >= 0.3 is 6.09 Å². The number of amides is 3. The van der Waals surface area contributed by atoms with Crippen molar-refractivity contribution in [3.8, 4) is 5.75 Å². The zero-order valence-corrected chi connectivity index (χ0v) is 22.6. The normalized spacial score (nSPS) is 12.8. The molecule has 2 aromatic carbocycles. The Balaban J connectivity index is 2.52. The SMILES string of the molecule is C=CCN(C(=O)C(Cc1ccc(O)cc1)NC(=O)OC(C)(C)C)C(C(=O)NC(C)C)c1cccc(C)c1. The van der Waals surface area contributed by atoms with Crippen molar-refractivity contribution in [1.29, 1.82) is 0 Å². The first kappa shape index (κ1) is 29.4. The largest absolute Gasteiger partial charge is 0.508 e. The van der Waals surface area contributed by atoms with E-state index >= 15 is 0 Å². The summed E-state index contributed by atoms with van der Waals surface area (Å²) < 4.78 is 5.42. The monoisotopic (exact) mass is 509 g/mol. The molecule has 8 heteroatoms. The number of hydrogen-bond donors (Lipinski definition) is 3. The van der Waals surface area contributed by atoms with E-state index < -0.39 is 29.7 Å². The molecule has 2 unspecified atom stereocenters. The van der Waals surface area contributed by atoms with Crippen molar-refractivity contribution in [2.45, 2.75) is 71.7 Å². The van der Waals surface area contributed by atoms with Crippen LogP contribution >= 0.6 is 0 Å². The molecule has 2 aromatic rings. The molecule has 0 aliphatic carbocycles. The molecule has 0 radical (unpaired) electrons. The van der Waals surface area contributed by atoms with Crippen LogP contribution in [0, 0.1) is 6.92 Å². The summed E-state index contributed by atoms with van der Waals surface area (Å²) in [4.78, 5) is 41.6. The lowest BCUT2D eigenvalue weighted by Gasteiger charge is -2.34. The second-order valence-corrected chi connectivity index (χ2v) is 10.3. The minimum atomic E-state index is -1.04. The van der Waals surface area contributed by atoms with Gasteiger partial charge in [-0.1, -0.05) is 48.0 Å². The number of aromatic hydroxyl groups is 1. The van der Waals surface area contributed by atoms with Gasteiger partial charge in [-0.2, -0.15) is 0 Å². The van der Waals surface area contributed by atoms with E-state index in [0.29, 0.717) is 11.1 Å². The molecule has 200 valence electrons. The molecule has 0 aromatic heterocycles. The highest BCUT2D eigenvalue weighted by Crippen LogP contribution is 2.25. The maximum atomic E-state index is 14.1. The Labute approximate surface area is 219 Å². The zero-order valence-electron chi connectivity index (χ0n) is 22.6. The van der Waals surface area contributed by atoms with Crippen molar-refractivity contribution in [1.82, 2.24) is 15.5 Å². The highest BCUT2D eigenvalue weighted by molar-refractivity contribution is 5.92. The summed E-state index contributed by atoms with van der Waals surface area (Å²) in [5.41, 5.74) is 1.54. The number of nitrogens with one attached hydrogen (secondary N) is 2. The Morgan fingerprint density at radius 2 is 1.73 bits per heavy atom. The van der Waals surface area contributed by atoms with E-state index in [0.717, 1.165) is 5.56 Å². The van der Waals surface area contributed by atoms with Crippen LogP contribution in [0.4, 0.5) is 4.79 Å². The molecule has 3 N–H and O–H groups in total. The Kier molecular flexibility index (Phi) is 10.3. The lowest BCUT2D eigenvalue weighted by Crippen LogP contribution is -2.54. The minimum Gasteiger partial charge on any atom is -0.508 e. The third kappa shape index (κ3) is 9.29. The summed E-state index contributed by atoms with van der Waals surface area (Å²) in [5, 5.41) is 15.3. The number of nitrogens with zero attached hydrogens (tertiary/aromatic N) is 1. The van der Waals surface area contributed by atoms with E-state index in [2.05, 4.69) is 17.2 Å². The van der Waals surface area contributed by atoms with Crippen LogP contribution in [0.2, 0.25) is 0 Å². The number of phenols is 1. The second-order valence-electron chi connectivity index (χ2n) is 10.3. The van der Waals surface area contributed by atoms with Crippen molar-refractivity contribution in [3.63, 3.8) is 0 Å². The van der Waals surface area contributed by atoms with Gasteiger partial charge < -0.3 is 25.4 Å². The molecule has 0 bridgehead atoms. The van der Waals surface area contributed by atoms with Crippen LogP contribution in [0.5, 0.6) is 5.75 Å². The highest BCUT2D eigenvalue weighted by atomic mass is 16.6. The fourth-order valence-electron chi connectivity index (χ4n) is 3.86. The molecule has 0 saturated carbocycles. The van der Waals surface area contributed by atoms with Crippen molar-refractivity contribution in [3.05, 3.63) is 77.9 Å². The Morgan fingerprint density at radius 3 is 2.27 bits per heavy atom. The summed E-state index contributed by atoms with van der Waals surface area (Å²) in [6.45, 7) is 14.7. The molecule has 2 atom stereocenters. The lowest BCUT2D eigenvalue weighted by atomic mass is 9.99. The first-order valence-electron chi connectivity index (χ1n) is 12.4. The molecule has 8 nitrogen and oxygen atoms in total. The number of hydrogen-bond acceptors (Lipinski definition) is 5. The molecule has 37 heavy (non-hydrogen) atoms. The van der Waals surface area contributed by atoms with Gasteiger partial charge in [0.05, 0.1) is 0 Å². The van der Waals surface area contributed by atoms with Crippen molar-refractivity contribution in [2.75, 3.05) is 6.54 Å². The number of carbonyl (C=O) groups excluding carboxylic acids is 3. The molecule has 0 spiro atoms. The number of rotatable bonds is 10. The molecule has 0 aliphatic rings. The first-order chi connectivity index (χ1) is 17.3. The zero-order chi connectivity index (χ0) is 27.8. The van der Waals surface area contributed by atoms with Crippen LogP contribution in [0.15, 0.2) is 61.2 Å². The molecular weight excluding hydrogens is 470 g/mol. The Bertz CT molecular complexity index is 1090. The van der Waals surface area contributed by atoms with E-state index in [1.165, 1.54) is 17.0 Å². The number of carbonyl (C=O) groups is 3. The molecule has 0 aliphatic heterocycles. The number of benzene rings is 2. The smallest absolute Gasteiger partial charge is 0.408 e. The van der Waals surface area contributed by atoms with E-state index in [4.69, 9.17) is 4.74 Å². The number of aryl methyl sites for hydroxylation is 1. The van der Waals surface area contributed by atoms with Gasteiger partial charge in [-0.05, 0) is 64.8 Å². The summed E-state index contributed by atoms with van der Waals surface area (Å²) in [5.74, 6) is -0.717. The lowest BCUT2D eigenvalue weighted by molar-refractivity contribution is -0.142. The van der Waals surface area contributed by atoms with Crippen LogP contribution in [0.25, 0.3) is 0 Å². The topological polar surface area (TPSA) is 108 Å². The van der Waals surface area contributed by atoms with Gasteiger partial charge in [0, 0.05) is 19.0 Å². The van der Waals surface area contributed by atoms with Crippen molar-refractivity contribution in [2.24, 2.45) is 0 Å². The molecule has 0 fully saturated rings. The molecule has 0 saturated heterocycles. The number of phenolic OH excluding ortho intramolecular Hbond substituents is 1. The highest BCUT2D eigenvalue weighted by Gasteiger charge is 2.36. The van der Waals surface area contributed by atoms with Gasteiger partial charge in [0.1, 0.15) is 23.4 Å². The van der Waals surface area contributed by atoms with Gasteiger partial charge in [0.25, 0.3) is 0 Å². The summed E-state index contributed by atoms with van der Waals surface area (Å²) >= 11 is 0. The predicted molar refractivity (Wildman–Crippen MR) is 144 cm³/mol. The standard InChI is InChI=1S/C29H39N3O5/c1-8-16-32(25(26(34)30-19(2)3)22-11-9-10-20(4)17-22)27(35)24(31-28(36)37-29(5,6)7)18-21-12-14-23(33)15-13-21/h8-15,17,19,24-25,33H,1,16,18H2,2-7H3,(H,30,34)(H,31,36). The Hall–Kier alpha value is -3.81. The summed E-state index contributed by atoms with van der Waals surface area (Å²) in [6, 6.07) is 11.7. The van der Waals surface area contributed by atoms with Crippen LogP contribution in [-0.4, -0.2) is 52.1 Å². The first-order valence-corrected chi connectivity index (χ1v) is 12.4. The van der Waals surface area contributed by atoms with Gasteiger partial charge in [-0.25, -0.2) is 4.79 Å². The van der Waals surface area contributed by atoms with Crippen molar-refractivity contribution < 1.29 is 24.2 Å². The van der Waals surface area contributed by atoms with Crippen LogP contribution in [-0.2, 0) is 20.7 Å². The minimum absolute atomic E-state index is 0.0744. The number of alkyl carbamates (subject to hydrolysis) is 1. The quantitative estimate of drug-likeness (QED) is 0.411. The van der Waals surface area contributed by atoms with Crippen LogP contribution < -0.4 is 10.6 Å². The van der Waals surface area contributed by atoms with E-state index in [-0.39, 0.29) is 30.7 Å². The third-order valence-corrected chi connectivity index (χ3v) is 5.32. The van der Waals surface area contributed by atoms with Gasteiger partial charge in [-0.15, -0.1) is 6.58 Å². The average Bonchev–Trinajstić information content (AvgIpc) is 2.77. The second kappa shape index (κ2) is 12.9. The molecule has 0 heterocycles. The van der Waals surface area contributed by atoms with Gasteiger partial charge in [0.15, 0.2) is 0 Å². The summed E-state index contributed by atoms with van der Waals surface area (Å²) in [7, 11) is 0. The average molecular weight is 510 g/mol. The van der Waals surface area contributed by atoms with Crippen LogP contribution in [0.1, 0.15) is 57.4 Å². The fraction of sp³-hybridized carbons (Fsp3) is 0.414. The van der Waals surface area contributed by atoms with Gasteiger partial charge in [0.2, 0.25) is 11.8 Å². The van der Waals surface area contributed by atoms with Gasteiger partial charge in [-0.3, -0.25) is 9.59 Å². The van der Waals surface area contributed by atoms with E-state index in [1.54, 1.807) is 45.0 Å².